The van der Waals surface area contributed by atoms with Gasteiger partial charge in [0, 0.05) is 150 Å². The number of aromatic nitrogens is 13. The summed E-state index contributed by atoms with van der Waals surface area (Å²) in [4.78, 5) is 92.8. The summed E-state index contributed by atoms with van der Waals surface area (Å²) in [5.41, 5.74) is 12.0. The number of hydrogen-bond acceptors (Lipinski definition) is 14. The van der Waals surface area contributed by atoms with Crippen molar-refractivity contribution < 1.29 is 28.0 Å². The zero-order chi connectivity index (χ0) is 72.2. The summed E-state index contributed by atoms with van der Waals surface area (Å²) in [6, 6.07) is 20.7. The standard InChI is InChI=1S/C20H26F2N4O.C20H22N4O.2C19H21N5O/c1-13-12-16(25-10-7-20(21,22)8-11-25)23-17-15(6-9-26(13)17)18(27)24-19(2,3)14-4-5-14;1-13-11-17(14-5-4-9-21-12-14)22-18-16(8-10-24(13)18)19(25)23-20(2,3)15-6-7-15;1-12-11-15(16-20-8-4-9-21-16)22-17-14(7-10-24(12)17)18(25)23-19(2,3)13-5-6-13;1-12-8-16(13-9-20-11-21-10-13)22-17-15(6-7-24(12)17)18(25)23-19(2,3)14-4-5-14/h6,9,12,14H,4-5,7-8,10-11H2,1-3H3,(H,24,27);4-5,8-12,15H,6-7H2,1-3H3,(H,23,25);4,7-11,13H,5-6H2,1-3H3,(H,23,25);6-11,14H,4-5H2,1-3H3,(H,23,25). The summed E-state index contributed by atoms with van der Waals surface area (Å²) < 4.78 is 34.6. The summed E-state index contributed by atoms with van der Waals surface area (Å²) in [7, 11) is 0. The maximum atomic E-state index is 13.5. The molecule has 12 heterocycles. The van der Waals surface area contributed by atoms with E-state index in [1.165, 1.54) is 44.9 Å². The van der Waals surface area contributed by atoms with Crippen LogP contribution in [0.25, 0.3) is 56.6 Å². The number of aryl methyl sites for hydroxylation is 4. The molecule has 5 aliphatic rings. The van der Waals surface area contributed by atoms with Crippen LogP contribution in [0, 0.1) is 51.4 Å². The Labute approximate surface area is 592 Å². The van der Waals surface area contributed by atoms with Crippen LogP contribution in [0.1, 0.15) is 184 Å². The molecule has 4 amide bonds. The molecule has 4 N–H and O–H groups in total. The summed E-state index contributed by atoms with van der Waals surface area (Å²) in [5.74, 6) is 0.489. The second kappa shape index (κ2) is 27.5. The summed E-state index contributed by atoms with van der Waals surface area (Å²) in [5, 5.41) is 12.7. The van der Waals surface area contributed by atoms with Gasteiger partial charge in [0.15, 0.2) is 17.1 Å². The number of rotatable bonds is 16. The van der Waals surface area contributed by atoms with Crippen LogP contribution in [0.2, 0.25) is 0 Å². The van der Waals surface area contributed by atoms with E-state index in [-0.39, 0.29) is 71.7 Å². The van der Waals surface area contributed by atoms with Crippen molar-refractivity contribution in [2.45, 2.75) is 175 Å². The van der Waals surface area contributed by atoms with Crippen LogP contribution in [0.4, 0.5) is 14.6 Å². The molecule has 1 saturated heterocycles. The van der Waals surface area contributed by atoms with E-state index in [0.29, 0.717) is 85.9 Å². The van der Waals surface area contributed by atoms with Gasteiger partial charge in [-0.15, -0.1) is 0 Å². The molecule has 1 aliphatic heterocycles. The van der Waals surface area contributed by atoms with E-state index in [0.717, 1.165) is 58.1 Å². The lowest BCUT2D eigenvalue weighted by Gasteiger charge is -2.32. The van der Waals surface area contributed by atoms with Crippen LogP contribution >= 0.6 is 0 Å². The van der Waals surface area contributed by atoms with Crippen molar-refractivity contribution in [2.24, 2.45) is 23.7 Å². The molecule has 530 valence electrons. The van der Waals surface area contributed by atoms with Gasteiger partial charge in [0.1, 0.15) is 29.1 Å². The number of amides is 4. The number of nitrogens with one attached hydrogen (secondary N) is 4. The van der Waals surface area contributed by atoms with Crippen molar-refractivity contribution in [3.63, 3.8) is 0 Å². The number of anilines is 1. The Balaban J connectivity index is 0.000000121. The Kier molecular flexibility index (Phi) is 18.9. The SMILES string of the molecule is Cc1cc(-c2cccnc2)nc2c(C(=O)NC(C)(C)C3CC3)ccn12.Cc1cc(-c2cncnc2)nc2c(C(=O)NC(C)(C)C3CC3)ccn12.Cc1cc(-c2ncccn2)nc2c(C(=O)NC(C)(C)C3CC3)ccn12.Cc1cc(N2CCC(F)(F)CC2)nc2c(C(=O)NC(C)(C)C3CC3)ccn12. The third kappa shape index (κ3) is 15.4. The quantitative estimate of drug-likeness (QED) is 0.0702. The molecule has 0 bridgehead atoms. The highest BCUT2D eigenvalue weighted by Gasteiger charge is 2.43. The number of piperidine rings is 1. The lowest BCUT2D eigenvalue weighted by molar-refractivity contribution is -0.0221. The first kappa shape index (κ1) is 70.1. The highest BCUT2D eigenvalue weighted by atomic mass is 19.3. The van der Waals surface area contributed by atoms with Gasteiger partial charge in [-0.2, -0.15) is 0 Å². The van der Waals surface area contributed by atoms with Crippen LogP contribution in [-0.4, -0.2) is 127 Å². The number of alkyl halides is 2. The van der Waals surface area contributed by atoms with Gasteiger partial charge in [-0.3, -0.25) is 24.2 Å². The van der Waals surface area contributed by atoms with Crippen molar-refractivity contribution in [1.29, 1.82) is 0 Å². The van der Waals surface area contributed by atoms with Gasteiger partial charge < -0.3 is 43.8 Å². The topological polar surface area (TPSA) is 253 Å². The van der Waals surface area contributed by atoms with Gasteiger partial charge in [0.25, 0.3) is 29.6 Å². The van der Waals surface area contributed by atoms with Crippen molar-refractivity contribution in [1.82, 2.24) is 83.7 Å². The second-order valence-electron chi connectivity index (χ2n) is 30.4. The predicted molar refractivity (Wildman–Crippen MR) is 388 cm³/mol. The molecule has 5 fully saturated rings. The Morgan fingerprint density at radius 1 is 0.431 bits per heavy atom. The molecule has 16 rings (SSSR count). The normalized spacial score (nSPS) is 16.1. The minimum absolute atomic E-state index is 0.0605. The van der Waals surface area contributed by atoms with Crippen molar-refractivity contribution in [2.75, 3.05) is 18.0 Å². The molecule has 11 aromatic rings. The van der Waals surface area contributed by atoms with Crippen molar-refractivity contribution in [3.05, 3.63) is 180 Å². The van der Waals surface area contributed by atoms with Crippen LogP contribution in [0.3, 0.4) is 0 Å². The predicted octanol–water partition coefficient (Wildman–Crippen LogP) is 13.5. The largest absolute Gasteiger partial charge is 0.356 e. The maximum absolute atomic E-state index is 13.5. The zero-order valence-corrected chi connectivity index (χ0v) is 60.1. The highest BCUT2D eigenvalue weighted by molar-refractivity contribution is 6.03. The van der Waals surface area contributed by atoms with Gasteiger partial charge in [-0.25, -0.2) is 48.7 Å². The number of fused-ring (bicyclic) bond motifs is 4. The molecular formula is C78H90F2N18O4. The van der Waals surface area contributed by atoms with Gasteiger partial charge in [0.05, 0.1) is 33.6 Å². The fourth-order valence-electron chi connectivity index (χ4n) is 13.7. The van der Waals surface area contributed by atoms with E-state index in [9.17, 15) is 28.0 Å². The second-order valence-corrected chi connectivity index (χ2v) is 30.4. The lowest BCUT2D eigenvalue weighted by atomic mass is 9.98. The first-order valence-electron chi connectivity index (χ1n) is 35.3. The molecule has 24 heteroatoms. The van der Waals surface area contributed by atoms with Crippen LogP contribution in [0.15, 0.2) is 135 Å². The molecule has 0 atom stereocenters. The number of pyridine rings is 1. The van der Waals surface area contributed by atoms with Crippen LogP contribution in [-0.2, 0) is 0 Å². The molecule has 0 radical (unpaired) electrons. The number of nitrogens with zero attached hydrogens (tertiary/aromatic N) is 14. The van der Waals surface area contributed by atoms with E-state index in [4.69, 9.17) is 9.97 Å². The first-order chi connectivity index (χ1) is 48.5. The van der Waals surface area contributed by atoms with E-state index >= 15 is 0 Å². The molecule has 11 aromatic heterocycles. The van der Waals surface area contributed by atoms with Crippen molar-refractivity contribution in [3.8, 4) is 34.0 Å². The molecule has 4 aliphatic carbocycles. The van der Waals surface area contributed by atoms with E-state index in [2.05, 4.69) is 112 Å². The summed E-state index contributed by atoms with van der Waals surface area (Å²) >= 11 is 0. The Morgan fingerprint density at radius 2 is 0.775 bits per heavy atom. The smallest absolute Gasteiger partial charge is 0.255 e. The third-order valence-electron chi connectivity index (χ3n) is 20.8. The molecule has 0 aromatic carbocycles. The third-order valence-corrected chi connectivity index (χ3v) is 20.8. The maximum Gasteiger partial charge on any atom is 0.255 e. The van der Waals surface area contributed by atoms with E-state index in [1.807, 2.05) is 130 Å². The number of hydrogen-bond donors (Lipinski definition) is 4. The molecular weight excluding hydrogens is 1290 g/mol. The number of carbonyl (C=O) groups is 4. The molecule has 22 nitrogen and oxygen atoms in total. The summed E-state index contributed by atoms with van der Waals surface area (Å²) in [6.07, 6.45) is 28.4. The minimum Gasteiger partial charge on any atom is -0.356 e. The fourth-order valence-corrected chi connectivity index (χ4v) is 13.7. The van der Waals surface area contributed by atoms with Gasteiger partial charge in [-0.1, -0.05) is 0 Å². The Morgan fingerprint density at radius 3 is 1.15 bits per heavy atom. The zero-order valence-electron chi connectivity index (χ0n) is 60.1. The van der Waals surface area contributed by atoms with Gasteiger partial charge in [0.2, 0.25) is 0 Å². The average molecular weight is 1380 g/mol. The van der Waals surface area contributed by atoms with E-state index in [1.54, 1.807) is 49.3 Å². The monoisotopic (exact) mass is 1380 g/mol. The number of halogens is 2. The van der Waals surface area contributed by atoms with E-state index < -0.39 is 5.92 Å². The molecule has 102 heavy (non-hydrogen) atoms. The van der Waals surface area contributed by atoms with Crippen LogP contribution in [0.5, 0.6) is 0 Å². The first-order valence-corrected chi connectivity index (χ1v) is 35.3. The summed E-state index contributed by atoms with van der Waals surface area (Å²) in [6.45, 7) is 25.1. The average Bonchev–Trinajstić information content (AvgIpc) is 1.63. The fraction of sp³-hybridized carbons (Fsp3) is 0.423. The molecule has 0 unspecified atom stereocenters. The lowest BCUT2D eigenvalue weighted by Crippen LogP contribution is -2.45. The van der Waals surface area contributed by atoms with Crippen LogP contribution < -0.4 is 26.2 Å². The van der Waals surface area contributed by atoms with Crippen molar-refractivity contribution >= 4 is 52.0 Å². The van der Waals surface area contributed by atoms with Gasteiger partial charge >= 0.3 is 0 Å². The number of carbonyl (C=O) groups excluding carboxylic acids is 4. The van der Waals surface area contributed by atoms with Gasteiger partial charge in [-0.05, 0) is 219 Å². The highest BCUT2D eigenvalue weighted by Crippen LogP contribution is 2.43. The Bertz CT molecular complexity index is 4560. The molecule has 0 spiro atoms. The minimum atomic E-state index is -2.59. The molecule has 4 saturated carbocycles. The Hall–Kier alpha value is -10.4.